The fourth-order valence-electron chi connectivity index (χ4n) is 4.95. The third-order valence-electron chi connectivity index (χ3n) is 7.05. The average molecular weight is 615 g/mol. The predicted molar refractivity (Wildman–Crippen MR) is 159 cm³/mol. The Kier molecular flexibility index (Phi) is 11.8. The zero-order valence-corrected chi connectivity index (χ0v) is 24.7. The van der Waals surface area contributed by atoms with Crippen LogP contribution in [0.4, 0.5) is 5.69 Å². The van der Waals surface area contributed by atoms with Crippen molar-refractivity contribution in [3.63, 3.8) is 0 Å². The fraction of sp³-hybridized carbons (Fsp3) is 0.467. The number of likely N-dealkylation sites (tertiary alicyclic amines) is 1. The number of ether oxygens (including phenoxy) is 1. The molecule has 4 N–H and O–H groups in total. The van der Waals surface area contributed by atoms with Crippen molar-refractivity contribution in [3.05, 3.63) is 64.0 Å². The Morgan fingerprint density at radius 2 is 1.59 bits per heavy atom. The van der Waals surface area contributed by atoms with E-state index in [1.807, 2.05) is 32.0 Å². The molecule has 3 aromatic rings. The van der Waals surface area contributed by atoms with Gasteiger partial charge in [-0.3, -0.25) is 19.7 Å². The van der Waals surface area contributed by atoms with Crippen LogP contribution in [0.1, 0.15) is 57.3 Å². The van der Waals surface area contributed by atoms with E-state index in [2.05, 4.69) is 21.6 Å². The van der Waals surface area contributed by atoms with Gasteiger partial charge in [0.1, 0.15) is 11.6 Å². The smallest absolute Gasteiger partial charge is 0.336 e. The van der Waals surface area contributed by atoms with Gasteiger partial charge in [-0.2, -0.15) is 0 Å². The third-order valence-corrected chi connectivity index (χ3v) is 7.05. The van der Waals surface area contributed by atoms with Crippen molar-refractivity contribution < 1.29 is 44.5 Å². The highest BCUT2D eigenvalue weighted by Gasteiger charge is 2.40. The Bertz CT molecular complexity index is 1450. The van der Waals surface area contributed by atoms with Gasteiger partial charge in [0.25, 0.3) is 5.69 Å². The quantitative estimate of drug-likeness (QED) is 0.161. The number of non-ortho nitro benzene ring substituents is 1. The summed E-state index contributed by atoms with van der Waals surface area (Å²) in [4.78, 5) is 48.6. The van der Waals surface area contributed by atoms with Crippen LogP contribution in [0.5, 0.6) is 5.75 Å². The molecule has 0 spiro atoms. The maximum absolute atomic E-state index is 11.2. The molecule has 0 aliphatic carbocycles. The number of hydrogen-bond donors (Lipinski definition) is 4. The first-order chi connectivity index (χ1) is 20.8. The van der Waals surface area contributed by atoms with Crippen LogP contribution in [-0.2, 0) is 27.3 Å². The summed E-state index contributed by atoms with van der Waals surface area (Å²) in [6.07, 6.45) is 2.35. The number of nitro groups is 1. The summed E-state index contributed by atoms with van der Waals surface area (Å²) < 4.78 is 7.97. The number of aliphatic hydroxyl groups is 1. The van der Waals surface area contributed by atoms with Gasteiger partial charge in [-0.05, 0) is 63.5 Å². The fourth-order valence-corrected chi connectivity index (χ4v) is 4.95. The zero-order chi connectivity index (χ0) is 32.4. The van der Waals surface area contributed by atoms with Crippen LogP contribution in [0.25, 0.3) is 11.0 Å². The summed E-state index contributed by atoms with van der Waals surface area (Å²) in [5.41, 5.74) is 0.118. The van der Waals surface area contributed by atoms with E-state index >= 15 is 0 Å². The minimum absolute atomic E-state index is 0.0786. The number of rotatable bonds is 13. The lowest BCUT2D eigenvalue weighted by Gasteiger charge is -2.26. The molecule has 1 aliphatic rings. The lowest BCUT2D eigenvalue weighted by atomic mass is 9.96. The molecule has 14 heteroatoms. The van der Waals surface area contributed by atoms with Gasteiger partial charge in [0.2, 0.25) is 0 Å². The van der Waals surface area contributed by atoms with E-state index in [-0.39, 0.29) is 16.7 Å². The highest BCUT2D eigenvalue weighted by molar-refractivity contribution is 5.88. The lowest BCUT2D eigenvalue weighted by Crippen LogP contribution is -2.42. The van der Waals surface area contributed by atoms with Crippen LogP contribution >= 0.6 is 0 Å². The molecule has 4 rings (SSSR count). The molecule has 1 aliphatic heterocycles. The topological polar surface area (TPSA) is 206 Å². The second-order valence-electron chi connectivity index (χ2n) is 11.0. The molecule has 14 nitrogen and oxygen atoms in total. The van der Waals surface area contributed by atoms with Crippen molar-refractivity contribution in [2.75, 3.05) is 19.6 Å². The SMILES string of the molecule is CC(C)Oc1ccc(Cc2nc3cc([N+](=O)[O-])ccc3n2CCN2CCCCC2)cc1.O=C(O)CC(O)(CC(=O)O)C(=O)O. The normalized spacial score (nSPS) is 13.7. The van der Waals surface area contributed by atoms with Gasteiger partial charge in [0.05, 0.1) is 34.9 Å². The molecule has 0 amide bonds. The van der Waals surface area contributed by atoms with Crippen LogP contribution in [-0.4, -0.2) is 89.0 Å². The molecule has 238 valence electrons. The second kappa shape index (κ2) is 15.3. The van der Waals surface area contributed by atoms with Crippen molar-refractivity contribution in [1.29, 1.82) is 0 Å². The molecule has 0 bridgehead atoms. The van der Waals surface area contributed by atoms with Gasteiger partial charge in [0, 0.05) is 31.6 Å². The molecule has 1 fully saturated rings. The lowest BCUT2D eigenvalue weighted by molar-refractivity contribution is -0.384. The van der Waals surface area contributed by atoms with Gasteiger partial charge in [-0.15, -0.1) is 0 Å². The van der Waals surface area contributed by atoms with Gasteiger partial charge in [0.15, 0.2) is 5.60 Å². The number of carboxylic acids is 3. The largest absolute Gasteiger partial charge is 0.491 e. The number of hydrogen-bond acceptors (Lipinski definition) is 9. The molecule has 0 unspecified atom stereocenters. The maximum Gasteiger partial charge on any atom is 0.336 e. The highest BCUT2D eigenvalue weighted by atomic mass is 16.6. The molecular weight excluding hydrogens is 576 g/mol. The Labute approximate surface area is 253 Å². The summed E-state index contributed by atoms with van der Waals surface area (Å²) >= 11 is 0. The number of benzene rings is 2. The number of nitro benzene ring substituents is 1. The molecular formula is C30H38N4O10. The van der Waals surface area contributed by atoms with Crippen LogP contribution in [0.3, 0.4) is 0 Å². The number of imidazole rings is 1. The molecule has 1 saturated heterocycles. The zero-order valence-electron chi connectivity index (χ0n) is 24.7. The van der Waals surface area contributed by atoms with E-state index < -0.39 is 36.4 Å². The van der Waals surface area contributed by atoms with E-state index in [0.717, 1.165) is 48.8 Å². The minimum Gasteiger partial charge on any atom is -0.491 e. The van der Waals surface area contributed by atoms with Gasteiger partial charge in [-0.25, -0.2) is 9.78 Å². The Morgan fingerprint density at radius 1 is 0.977 bits per heavy atom. The molecule has 0 radical (unpaired) electrons. The van der Waals surface area contributed by atoms with Gasteiger partial charge < -0.3 is 34.6 Å². The molecule has 2 heterocycles. The minimum atomic E-state index is -2.74. The first-order valence-corrected chi connectivity index (χ1v) is 14.3. The van der Waals surface area contributed by atoms with Gasteiger partial charge >= 0.3 is 17.9 Å². The van der Waals surface area contributed by atoms with Crippen LogP contribution in [0, 0.1) is 10.1 Å². The predicted octanol–water partition coefficient (Wildman–Crippen LogP) is 3.56. The third kappa shape index (κ3) is 9.74. The number of nitrogens with zero attached hydrogens (tertiary/aromatic N) is 4. The molecule has 2 aromatic carbocycles. The molecule has 0 atom stereocenters. The highest BCUT2D eigenvalue weighted by Crippen LogP contribution is 2.25. The first kappa shape index (κ1) is 33.9. The Hall–Kier alpha value is -4.56. The molecule has 0 saturated carbocycles. The number of carbonyl (C=O) groups is 3. The van der Waals surface area contributed by atoms with Crippen molar-refractivity contribution in [2.45, 2.75) is 70.6 Å². The van der Waals surface area contributed by atoms with Crippen molar-refractivity contribution >= 4 is 34.6 Å². The standard InChI is InChI=1S/C24H30N4O3.C6H8O7/c1-18(2)31-21-9-6-19(7-10-21)16-24-25-22-17-20(28(29)30)8-11-23(22)27(24)15-14-26-12-4-3-5-13-26;7-3(8)1-6(13,5(11)12)2-4(9)10/h6-11,17-18H,3-5,12-16H2,1-2H3;13H,1-2H2,(H,7,8)(H,9,10)(H,11,12). The molecule has 1 aromatic heterocycles. The van der Waals surface area contributed by atoms with E-state index in [9.17, 15) is 24.5 Å². The summed E-state index contributed by atoms with van der Waals surface area (Å²) in [6, 6.07) is 13.1. The maximum atomic E-state index is 11.2. The molecule has 44 heavy (non-hydrogen) atoms. The van der Waals surface area contributed by atoms with Crippen molar-refractivity contribution in [1.82, 2.24) is 14.5 Å². The monoisotopic (exact) mass is 614 g/mol. The Morgan fingerprint density at radius 3 is 2.11 bits per heavy atom. The van der Waals surface area contributed by atoms with Crippen molar-refractivity contribution in [2.24, 2.45) is 0 Å². The van der Waals surface area contributed by atoms with E-state index in [1.165, 1.54) is 19.3 Å². The number of carboxylic acid groups (broad SMARTS) is 3. The van der Waals surface area contributed by atoms with Crippen molar-refractivity contribution in [3.8, 4) is 5.75 Å². The van der Waals surface area contributed by atoms with E-state index in [0.29, 0.717) is 11.9 Å². The number of aliphatic carboxylic acids is 3. The summed E-state index contributed by atoms with van der Waals surface area (Å²) in [5, 5.41) is 45.0. The number of piperidine rings is 1. The first-order valence-electron chi connectivity index (χ1n) is 14.3. The number of fused-ring (bicyclic) bond motifs is 1. The summed E-state index contributed by atoms with van der Waals surface area (Å²) in [7, 11) is 0. The van der Waals surface area contributed by atoms with E-state index in [1.54, 1.807) is 12.1 Å². The van der Waals surface area contributed by atoms with Crippen LogP contribution in [0.15, 0.2) is 42.5 Å². The summed E-state index contributed by atoms with van der Waals surface area (Å²) in [6.45, 7) is 8.11. The average Bonchev–Trinajstić information content (AvgIpc) is 3.28. The van der Waals surface area contributed by atoms with Gasteiger partial charge in [-0.1, -0.05) is 18.6 Å². The summed E-state index contributed by atoms with van der Waals surface area (Å²) in [5.74, 6) is -3.23. The Balaban J connectivity index is 0.000000345. The van der Waals surface area contributed by atoms with Crippen LogP contribution in [0.2, 0.25) is 0 Å². The van der Waals surface area contributed by atoms with E-state index in [4.69, 9.17) is 30.1 Å². The van der Waals surface area contributed by atoms with Crippen LogP contribution < -0.4 is 4.74 Å². The number of aromatic nitrogens is 2. The second-order valence-corrected chi connectivity index (χ2v) is 11.0.